The first-order valence-corrected chi connectivity index (χ1v) is 12.6. The number of aromatic amines is 1. The van der Waals surface area contributed by atoms with E-state index in [1.165, 1.54) is 39.5 Å². The zero-order valence-electron chi connectivity index (χ0n) is 20.3. The summed E-state index contributed by atoms with van der Waals surface area (Å²) in [6.07, 6.45) is 14.1. The van der Waals surface area contributed by atoms with Gasteiger partial charge in [-0.05, 0) is 91.1 Å². The molecule has 0 saturated carbocycles. The number of fused-ring (bicyclic) bond motifs is 2. The van der Waals surface area contributed by atoms with Gasteiger partial charge in [-0.2, -0.15) is 0 Å². The number of benzene rings is 1. The molecule has 3 aliphatic rings. The number of aliphatic imine (C=N–C) groups is 2. The Balaban J connectivity index is 1.42. The van der Waals surface area contributed by atoms with Crippen molar-refractivity contribution in [2.24, 2.45) is 9.98 Å². The third kappa shape index (κ3) is 4.49. The van der Waals surface area contributed by atoms with E-state index in [2.05, 4.69) is 76.7 Å². The van der Waals surface area contributed by atoms with Gasteiger partial charge in [0, 0.05) is 29.4 Å². The van der Waals surface area contributed by atoms with Crippen molar-refractivity contribution in [1.82, 2.24) is 9.88 Å². The summed E-state index contributed by atoms with van der Waals surface area (Å²) in [4.78, 5) is 15.1. The minimum atomic E-state index is 0.221. The molecule has 5 heteroatoms. The lowest BCUT2D eigenvalue weighted by Crippen LogP contribution is -2.34. The van der Waals surface area contributed by atoms with E-state index in [1.807, 2.05) is 0 Å². The van der Waals surface area contributed by atoms with Crippen LogP contribution in [-0.2, 0) is 0 Å². The molecular formula is C29H35N5. The van der Waals surface area contributed by atoms with Gasteiger partial charge >= 0.3 is 0 Å². The molecule has 1 atom stereocenters. The van der Waals surface area contributed by atoms with Gasteiger partial charge in [-0.25, -0.2) is 4.99 Å². The topological polar surface area (TPSA) is 67.6 Å². The molecule has 1 aliphatic carbocycles. The van der Waals surface area contributed by atoms with Crippen LogP contribution in [0.15, 0.2) is 58.6 Å². The Hall–Kier alpha value is -3.05. The highest BCUT2D eigenvalue weighted by Gasteiger charge is 2.24. The third-order valence-corrected chi connectivity index (χ3v) is 7.45. The Labute approximate surface area is 202 Å². The van der Waals surface area contributed by atoms with Crippen LogP contribution < -0.4 is 0 Å². The number of likely N-dealkylation sites (tertiary alicyclic amines) is 1. The maximum Gasteiger partial charge on any atom is 0.111 e. The third-order valence-electron chi connectivity index (χ3n) is 7.45. The number of nitrogens with one attached hydrogen (secondary N) is 2. The lowest BCUT2D eigenvalue weighted by molar-refractivity contribution is 0.231. The number of piperidine rings is 1. The monoisotopic (exact) mass is 453 g/mol. The maximum absolute atomic E-state index is 7.39. The molecule has 0 radical (unpaired) electrons. The lowest BCUT2D eigenvalue weighted by Gasteiger charge is -2.32. The standard InChI is InChI=1S/C29H35N5/c1-19(2)28-24-15-23(21-11-13-34(14-12-21)17-20(3)16-30)8-9-25(24)33-29(28)22-5-4-6-26-27(10-7-22)32-18-31-26/h5,7-10,15-16,18-19,21,26,30,33H,3-4,6,11-14,17H2,1-2H3/b10-7-,22-5+,30-16?. The zero-order chi connectivity index (χ0) is 23.7. The van der Waals surface area contributed by atoms with Crippen molar-refractivity contribution in [3.8, 4) is 0 Å². The van der Waals surface area contributed by atoms with Crippen molar-refractivity contribution in [3.05, 3.63) is 65.4 Å². The number of rotatable bonds is 6. The SMILES string of the molecule is C=C(C=N)CN1CCC(c2ccc3[nH]c(C4=C/CCC5N=CN=C5/C=C\4)c(C(C)C)c3c2)CC1. The smallest absolute Gasteiger partial charge is 0.111 e. The average Bonchev–Trinajstić information content (AvgIpc) is 3.43. The molecule has 1 saturated heterocycles. The summed E-state index contributed by atoms with van der Waals surface area (Å²) in [6, 6.07) is 7.26. The molecule has 1 fully saturated rings. The molecule has 2 N–H and O–H groups in total. The van der Waals surface area contributed by atoms with E-state index in [-0.39, 0.29) is 6.04 Å². The normalized spacial score (nSPS) is 23.8. The Morgan fingerprint density at radius 2 is 2.06 bits per heavy atom. The van der Waals surface area contributed by atoms with Crippen LogP contribution in [0.3, 0.4) is 0 Å². The highest BCUT2D eigenvalue weighted by atomic mass is 15.1. The van der Waals surface area contributed by atoms with Crippen LogP contribution in [0, 0.1) is 5.41 Å². The first kappa shape index (κ1) is 22.7. The molecule has 0 spiro atoms. The minimum Gasteiger partial charge on any atom is -0.354 e. The Morgan fingerprint density at radius 3 is 2.82 bits per heavy atom. The van der Waals surface area contributed by atoms with E-state index in [0.29, 0.717) is 11.8 Å². The molecule has 1 unspecified atom stereocenters. The zero-order valence-corrected chi connectivity index (χ0v) is 20.3. The molecule has 176 valence electrons. The fourth-order valence-corrected chi connectivity index (χ4v) is 5.61. The van der Waals surface area contributed by atoms with Crippen molar-refractivity contribution in [3.63, 3.8) is 0 Å². The molecule has 0 bridgehead atoms. The molecule has 34 heavy (non-hydrogen) atoms. The second-order valence-electron chi connectivity index (χ2n) is 10.1. The van der Waals surface area contributed by atoms with E-state index >= 15 is 0 Å². The second kappa shape index (κ2) is 9.67. The van der Waals surface area contributed by atoms with Gasteiger partial charge in [-0.15, -0.1) is 0 Å². The molecule has 1 aromatic heterocycles. The van der Waals surface area contributed by atoms with E-state index in [1.54, 1.807) is 6.34 Å². The highest BCUT2D eigenvalue weighted by molar-refractivity contribution is 6.08. The molecule has 1 aromatic carbocycles. The highest BCUT2D eigenvalue weighted by Crippen LogP contribution is 2.37. The molecule has 5 rings (SSSR count). The van der Waals surface area contributed by atoms with Gasteiger partial charge in [0.2, 0.25) is 0 Å². The summed E-state index contributed by atoms with van der Waals surface area (Å²) in [6.45, 7) is 11.5. The largest absolute Gasteiger partial charge is 0.354 e. The number of allylic oxidation sites excluding steroid dienone is 3. The average molecular weight is 454 g/mol. The van der Waals surface area contributed by atoms with Gasteiger partial charge in [0.15, 0.2) is 0 Å². The fourth-order valence-electron chi connectivity index (χ4n) is 5.61. The van der Waals surface area contributed by atoms with Crippen LogP contribution >= 0.6 is 0 Å². The molecular weight excluding hydrogens is 418 g/mol. The van der Waals surface area contributed by atoms with Gasteiger partial charge in [-0.3, -0.25) is 9.89 Å². The summed E-state index contributed by atoms with van der Waals surface area (Å²) >= 11 is 0. The van der Waals surface area contributed by atoms with E-state index in [4.69, 9.17) is 5.41 Å². The number of nitrogens with zero attached hydrogens (tertiary/aromatic N) is 3. The van der Waals surface area contributed by atoms with Crippen LogP contribution in [0.25, 0.3) is 16.5 Å². The van der Waals surface area contributed by atoms with Crippen molar-refractivity contribution in [1.29, 1.82) is 5.41 Å². The Bertz CT molecular complexity index is 1210. The van der Waals surface area contributed by atoms with Gasteiger partial charge in [0.25, 0.3) is 0 Å². The number of hydrogen-bond donors (Lipinski definition) is 2. The lowest BCUT2D eigenvalue weighted by atomic mass is 9.87. The molecule has 0 amide bonds. The Kier molecular flexibility index (Phi) is 6.46. The van der Waals surface area contributed by atoms with Gasteiger partial charge in [0.05, 0.1) is 11.8 Å². The van der Waals surface area contributed by atoms with E-state index < -0.39 is 0 Å². The molecule has 2 aromatic rings. The number of H-pyrrole nitrogens is 1. The van der Waals surface area contributed by atoms with Crippen molar-refractivity contribution >= 4 is 34.7 Å². The summed E-state index contributed by atoms with van der Waals surface area (Å²) in [7, 11) is 0. The van der Waals surface area contributed by atoms with Gasteiger partial charge < -0.3 is 10.4 Å². The van der Waals surface area contributed by atoms with Crippen molar-refractivity contribution in [2.75, 3.05) is 19.6 Å². The van der Waals surface area contributed by atoms with Crippen molar-refractivity contribution in [2.45, 2.75) is 57.4 Å². The second-order valence-corrected chi connectivity index (χ2v) is 10.1. The van der Waals surface area contributed by atoms with Crippen LogP contribution in [0.5, 0.6) is 0 Å². The number of aromatic nitrogens is 1. The maximum atomic E-state index is 7.39. The number of hydrogen-bond acceptors (Lipinski definition) is 4. The first-order chi connectivity index (χ1) is 16.5. The van der Waals surface area contributed by atoms with Gasteiger partial charge in [-0.1, -0.05) is 38.6 Å². The quantitative estimate of drug-likeness (QED) is 0.498. The summed E-state index contributed by atoms with van der Waals surface area (Å²) in [5.74, 6) is 1.01. The fraction of sp³-hybridized carbons (Fsp3) is 0.414. The van der Waals surface area contributed by atoms with Crippen LogP contribution in [0.1, 0.15) is 68.2 Å². The minimum absolute atomic E-state index is 0.221. The van der Waals surface area contributed by atoms with Crippen LogP contribution in [0.4, 0.5) is 0 Å². The molecule has 5 nitrogen and oxygen atoms in total. The van der Waals surface area contributed by atoms with E-state index in [0.717, 1.165) is 56.6 Å². The molecule has 3 heterocycles. The van der Waals surface area contributed by atoms with Gasteiger partial charge in [0.1, 0.15) is 6.34 Å². The van der Waals surface area contributed by atoms with Crippen molar-refractivity contribution < 1.29 is 0 Å². The van der Waals surface area contributed by atoms with Crippen LogP contribution in [0.2, 0.25) is 0 Å². The Morgan fingerprint density at radius 1 is 1.24 bits per heavy atom. The summed E-state index contributed by atoms with van der Waals surface area (Å²) < 4.78 is 0. The predicted molar refractivity (Wildman–Crippen MR) is 145 cm³/mol. The summed E-state index contributed by atoms with van der Waals surface area (Å²) in [5.41, 5.74) is 8.55. The first-order valence-electron chi connectivity index (χ1n) is 12.6. The predicted octanol–water partition coefficient (Wildman–Crippen LogP) is 6.26. The summed E-state index contributed by atoms with van der Waals surface area (Å²) in [5, 5.41) is 8.75. The van der Waals surface area contributed by atoms with Crippen LogP contribution in [-0.4, -0.2) is 53.8 Å². The molecule has 2 aliphatic heterocycles. The van der Waals surface area contributed by atoms with E-state index in [9.17, 15) is 0 Å².